The molecule has 4 bridgehead atoms. The molecule has 0 aliphatic heterocycles. The lowest BCUT2D eigenvalue weighted by Crippen LogP contribution is -2.59. The van der Waals surface area contributed by atoms with Crippen LogP contribution in [0.3, 0.4) is 0 Å². The Hall–Kier alpha value is -4.34. The molecule has 10 nitrogen and oxygen atoms in total. The smallest absolute Gasteiger partial charge is 0.408 e. The van der Waals surface area contributed by atoms with Crippen LogP contribution in [0.15, 0.2) is 54.7 Å². The number of carbonyl (C=O) groups is 4. The van der Waals surface area contributed by atoms with Gasteiger partial charge in [-0.3, -0.25) is 19.7 Å². The first-order valence-electron chi connectivity index (χ1n) is 16.3. The van der Waals surface area contributed by atoms with Crippen molar-refractivity contribution >= 4 is 34.7 Å². The Morgan fingerprint density at radius 1 is 0.870 bits per heavy atom. The van der Waals surface area contributed by atoms with Gasteiger partial charge in [0.2, 0.25) is 17.7 Å². The second kappa shape index (κ2) is 12.5. The van der Waals surface area contributed by atoms with E-state index >= 15 is 0 Å². The molecule has 244 valence electrons. The van der Waals surface area contributed by atoms with Crippen LogP contribution in [0.1, 0.15) is 70.4 Å². The second-order valence-corrected chi connectivity index (χ2v) is 14.7. The molecular weight excluding hydrogens is 584 g/mol. The Morgan fingerprint density at radius 3 is 2.11 bits per heavy atom. The number of alkyl carbamates (subject to hydrolysis) is 1. The van der Waals surface area contributed by atoms with E-state index in [0.717, 1.165) is 35.7 Å². The van der Waals surface area contributed by atoms with Gasteiger partial charge in [-0.2, -0.15) is 0 Å². The van der Waals surface area contributed by atoms with Crippen LogP contribution in [-0.4, -0.2) is 51.6 Å². The minimum atomic E-state index is -1.10. The number of hydrogen-bond donors (Lipinski definition) is 5. The molecule has 4 aliphatic carbocycles. The van der Waals surface area contributed by atoms with E-state index in [-0.39, 0.29) is 24.5 Å². The molecule has 4 amide bonds. The Balaban J connectivity index is 1.24. The van der Waals surface area contributed by atoms with Gasteiger partial charge in [0.1, 0.15) is 23.4 Å². The number of aromatic amines is 1. The van der Waals surface area contributed by atoms with Crippen molar-refractivity contribution in [2.45, 2.75) is 89.8 Å². The maximum atomic E-state index is 14.0. The van der Waals surface area contributed by atoms with Crippen LogP contribution in [-0.2, 0) is 32.0 Å². The number of nitrogens with one attached hydrogen (secondary N) is 4. The fourth-order valence-corrected chi connectivity index (χ4v) is 8.25. The maximum Gasteiger partial charge on any atom is 0.408 e. The van der Waals surface area contributed by atoms with Crippen LogP contribution in [0.2, 0.25) is 0 Å². The summed E-state index contributed by atoms with van der Waals surface area (Å²) in [7, 11) is 0. The number of H-pyrrole nitrogens is 1. The monoisotopic (exact) mass is 628 g/mol. The molecule has 4 fully saturated rings. The molecule has 4 aliphatic rings. The van der Waals surface area contributed by atoms with Crippen LogP contribution in [0, 0.1) is 23.2 Å². The van der Waals surface area contributed by atoms with Crippen molar-refractivity contribution in [1.29, 1.82) is 0 Å². The number of rotatable bonds is 9. The first-order chi connectivity index (χ1) is 21.9. The molecule has 2 atom stereocenters. The highest BCUT2D eigenvalue weighted by Crippen LogP contribution is 2.60. The average Bonchev–Trinajstić information content (AvgIpc) is 3.38. The van der Waals surface area contributed by atoms with Crippen LogP contribution < -0.4 is 16.0 Å². The largest absolute Gasteiger partial charge is 0.508 e. The summed E-state index contributed by atoms with van der Waals surface area (Å²) < 4.78 is 5.43. The Labute approximate surface area is 269 Å². The van der Waals surface area contributed by atoms with E-state index in [4.69, 9.17) is 4.74 Å². The van der Waals surface area contributed by atoms with Crippen molar-refractivity contribution in [2.24, 2.45) is 23.2 Å². The highest BCUT2D eigenvalue weighted by molar-refractivity contribution is 6.02. The number of hydrogen-bond acceptors (Lipinski definition) is 6. The number of carbonyl (C=O) groups excluding carboxylic acids is 4. The van der Waals surface area contributed by atoms with Gasteiger partial charge in [-0.15, -0.1) is 0 Å². The number of aromatic nitrogens is 1. The quantitative estimate of drug-likeness (QED) is 0.228. The molecular formula is C36H44N4O6. The van der Waals surface area contributed by atoms with Crippen molar-refractivity contribution in [1.82, 2.24) is 20.9 Å². The van der Waals surface area contributed by atoms with Gasteiger partial charge in [0.15, 0.2) is 0 Å². The summed E-state index contributed by atoms with van der Waals surface area (Å²) in [5, 5.41) is 18.9. The summed E-state index contributed by atoms with van der Waals surface area (Å²) in [6.07, 6.45) is 7.20. The average molecular weight is 629 g/mol. The third kappa shape index (κ3) is 7.06. The third-order valence-electron chi connectivity index (χ3n) is 9.87. The zero-order chi connectivity index (χ0) is 32.6. The summed E-state index contributed by atoms with van der Waals surface area (Å²) in [6.45, 7) is 5.18. The molecule has 3 aromatic rings. The predicted octanol–water partition coefficient (Wildman–Crippen LogP) is 4.90. The summed E-state index contributed by atoms with van der Waals surface area (Å²) >= 11 is 0. The fourth-order valence-electron chi connectivity index (χ4n) is 8.25. The van der Waals surface area contributed by atoms with Crippen molar-refractivity contribution < 1.29 is 29.0 Å². The van der Waals surface area contributed by atoms with E-state index in [2.05, 4.69) is 20.9 Å². The normalized spacial score (nSPS) is 24.6. The van der Waals surface area contributed by atoms with Crippen molar-refractivity contribution in [3.8, 4) is 5.75 Å². The van der Waals surface area contributed by atoms with Crippen LogP contribution in [0.4, 0.5) is 4.79 Å². The lowest BCUT2D eigenvalue weighted by Gasteiger charge is -2.55. The number of imide groups is 1. The number of benzene rings is 2. The fraction of sp³-hybridized carbons (Fsp3) is 0.500. The van der Waals surface area contributed by atoms with Gasteiger partial charge < -0.3 is 25.5 Å². The van der Waals surface area contributed by atoms with Gasteiger partial charge in [0, 0.05) is 29.9 Å². The molecule has 0 radical (unpaired) electrons. The number of phenols is 1. The number of fused-ring (bicyclic) bond motifs is 1. The number of amides is 4. The first kappa shape index (κ1) is 31.6. The summed E-state index contributed by atoms with van der Waals surface area (Å²) in [6, 6.07) is 11.8. The van der Waals surface area contributed by atoms with Crippen LogP contribution in [0.25, 0.3) is 10.9 Å². The summed E-state index contributed by atoms with van der Waals surface area (Å²) in [5.41, 5.74) is 1.07. The zero-order valence-electron chi connectivity index (χ0n) is 26.7. The Morgan fingerprint density at radius 2 is 1.48 bits per heavy atom. The van der Waals surface area contributed by atoms with E-state index in [1.807, 2.05) is 30.5 Å². The topological polar surface area (TPSA) is 150 Å². The molecule has 0 spiro atoms. The van der Waals surface area contributed by atoms with Gasteiger partial charge >= 0.3 is 6.09 Å². The van der Waals surface area contributed by atoms with Gasteiger partial charge in [0.05, 0.1) is 5.41 Å². The minimum Gasteiger partial charge on any atom is -0.508 e. The number of para-hydroxylation sites is 1. The van der Waals surface area contributed by atoms with E-state index in [1.165, 1.54) is 31.4 Å². The first-order valence-corrected chi connectivity index (χ1v) is 16.3. The molecule has 4 saturated carbocycles. The molecule has 1 aromatic heterocycles. The predicted molar refractivity (Wildman–Crippen MR) is 173 cm³/mol. The van der Waals surface area contributed by atoms with Gasteiger partial charge in [-0.1, -0.05) is 30.3 Å². The van der Waals surface area contributed by atoms with Crippen LogP contribution >= 0.6 is 0 Å². The zero-order valence-corrected chi connectivity index (χ0v) is 26.7. The van der Waals surface area contributed by atoms with Gasteiger partial charge in [0.25, 0.3) is 0 Å². The highest BCUT2D eigenvalue weighted by Gasteiger charge is 2.55. The number of ether oxygens (including phenoxy) is 1. The molecule has 10 heteroatoms. The summed E-state index contributed by atoms with van der Waals surface area (Å²) in [4.78, 5) is 57.8. The molecule has 7 rings (SSSR count). The van der Waals surface area contributed by atoms with Crippen LogP contribution in [0.5, 0.6) is 5.75 Å². The number of phenolic OH excluding ortho intramolecular Hbond substituents is 1. The SMILES string of the molecule is CC(C)(C)OC(=O)N[C@@H](Cc1ccc(O)cc1)C(=O)N[C@H](Cc1c[nH]c2ccccc12)C(=O)NC(=O)C12CC3CC(CC(C3)C1)C2. The molecule has 1 heterocycles. The Bertz CT molecular complexity index is 1590. The van der Waals surface area contributed by atoms with E-state index < -0.39 is 41.0 Å². The van der Waals surface area contributed by atoms with E-state index in [9.17, 15) is 24.3 Å². The summed E-state index contributed by atoms with van der Waals surface area (Å²) in [5.74, 6) is 0.280. The lowest BCUT2D eigenvalue weighted by atomic mass is 9.49. The van der Waals surface area contributed by atoms with Crippen molar-refractivity contribution in [2.75, 3.05) is 0 Å². The minimum absolute atomic E-state index is 0.0732. The van der Waals surface area contributed by atoms with Gasteiger partial charge in [-0.25, -0.2) is 4.79 Å². The molecule has 0 unspecified atom stereocenters. The molecule has 2 aromatic carbocycles. The number of aromatic hydroxyl groups is 1. The van der Waals surface area contributed by atoms with E-state index in [0.29, 0.717) is 23.3 Å². The molecule has 46 heavy (non-hydrogen) atoms. The van der Waals surface area contributed by atoms with Crippen molar-refractivity contribution in [3.63, 3.8) is 0 Å². The van der Waals surface area contributed by atoms with Crippen molar-refractivity contribution in [3.05, 3.63) is 65.9 Å². The Kier molecular flexibility index (Phi) is 8.56. The molecule has 0 saturated heterocycles. The lowest BCUT2D eigenvalue weighted by molar-refractivity contribution is -0.150. The van der Waals surface area contributed by atoms with E-state index in [1.54, 1.807) is 32.9 Å². The maximum absolute atomic E-state index is 14.0. The van der Waals surface area contributed by atoms with Gasteiger partial charge in [-0.05, 0) is 106 Å². The molecule has 5 N–H and O–H groups in total. The standard InChI is InChI=1S/C36H44N4O6/c1-35(2,3)46-34(45)39-29(15-21-8-10-26(41)11-9-21)31(42)38-30(16-25-20-37-28-7-5-4-6-27(25)28)32(43)40-33(44)36-17-22-12-23(18-36)14-24(13-22)19-36/h4-11,20,22-24,29-30,37,41H,12-19H2,1-3H3,(H,38,42)(H,39,45)(H,40,43,44)/t22?,23?,24?,29-,30+,36?/m0/s1. The second-order valence-electron chi connectivity index (χ2n) is 14.7. The highest BCUT2D eigenvalue weighted by atomic mass is 16.6. The third-order valence-corrected chi connectivity index (χ3v) is 9.87.